The molecular formula is C44H30N4Pt. The smallest absolute Gasteiger partial charge is 0.669 e. The summed E-state index contributed by atoms with van der Waals surface area (Å²) in [5, 5.41) is 3.39. The molecule has 0 aliphatic carbocycles. The summed E-state index contributed by atoms with van der Waals surface area (Å²) in [4.78, 5) is 15.0. The molecule has 0 saturated heterocycles. The Labute approximate surface area is 299 Å². The van der Waals surface area contributed by atoms with Crippen LogP contribution in [0.15, 0.2) is 146 Å². The van der Waals surface area contributed by atoms with Crippen LogP contribution in [0.3, 0.4) is 0 Å². The van der Waals surface area contributed by atoms with Crippen LogP contribution >= 0.6 is 0 Å². The monoisotopic (exact) mass is 809 g/mol. The van der Waals surface area contributed by atoms with Crippen molar-refractivity contribution in [3.63, 3.8) is 0 Å². The van der Waals surface area contributed by atoms with E-state index in [9.17, 15) is 0 Å². The van der Waals surface area contributed by atoms with Crippen molar-refractivity contribution in [3.8, 4) is 50.5 Å². The number of aryl methyl sites for hydroxylation is 2. The van der Waals surface area contributed by atoms with E-state index < -0.39 is 0 Å². The van der Waals surface area contributed by atoms with Gasteiger partial charge in [0.2, 0.25) is 0 Å². The van der Waals surface area contributed by atoms with E-state index in [-0.39, 0.29) is 21.1 Å². The third-order valence-corrected chi connectivity index (χ3v) is 9.34. The second-order valence-electron chi connectivity index (χ2n) is 12.3. The molecule has 0 atom stereocenters. The molecule has 0 unspecified atom stereocenters. The molecular weight excluding hydrogens is 780 g/mol. The van der Waals surface area contributed by atoms with Gasteiger partial charge in [-0.25, -0.2) is 4.98 Å². The van der Waals surface area contributed by atoms with E-state index >= 15 is 0 Å². The fourth-order valence-corrected chi connectivity index (χ4v) is 7.16. The van der Waals surface area contributed by atoms with Crippen LogP contribution in [0.25, 0.3) is 83.3 Å². The Kier molecular flexibility index (Phi) is 7.82. The van der Waals surface area contributed by atoms with E-state index in [1.165, 1.54) is 16.7 Å². The molecule has 0 radical (unpaired) electrons. The normalized spacial score (nSPS) is 11.3. The zero-order chi connectivity index (χ0) is 32.2. The van der Waals surface area contributed by atoms with Gasteiger partial charge in [-0.1, -0.05) is 114 Å². The molecule has 0 aliphatic rings. The maximum atomic E-state index is 5.28. The van der Waals surface area contributed by atoms with Crippen molar-refractivity contribution in [2.45, 2.75) is 13.8 Å². The third kappa shape index (κ3) is 5.20. The quantitative estimate of drug-likeness (QED) is 0.163. The van der Waals surface area contributed by atoms with Crippen molar-refractivity contribution in [3.05, 3.63) is 163 Å². The van der Waals surface area contributed by atoms with E-state index in [0.29, 0.717) is 0 Å². The molecule has 5 aromatic carbocycles. The molecule has 9 rings (SSSR count). The summed E-state index contributed by atoms with van der Waals surface area (Å²) in [6.07, 6.45) is 3.83. The predicted molar refractivity (Wildman–Crippen MR) is 197 cm³/mol. The van der Waals surface area contributed by atoms with Crippen LogP contribution in [0.2, 0.25) is 0 Å². The van der Waals surface area contributed by atoms with Gasteiger partial charge < -0.3 is 4.98 Å². The number of hydrogen-bond donors (Lipinski definition) is 0. The van der Waals surface area contributed by atoms with Crippen LogP contribution < -0.4 is 4.98 Å². The summed E-state index contributed by atoms with van der Waals surface area (Å²) in [6, 6.07) is 50.4. The number of rotatable bonds is 5. The van der Waals surface area contributed by atoms with Crippen molar-refractivity contribution in [2.24, 2.45) is 0 Å². The van der Waals surface area contributed by atoms with Crippen LogP contribution in [-0.4, -0.2) is 14.5 Å². The maximum Gasteiger partial charge on any atom is 2.00 e. The molecule has 0 saturated carbocycles. The molecule has 0 amide bonds. The van der Waals surface area contributed by atoms with Crippen molar-refractivity contribution in [1.82, 2.24) is 19.5 Å². The van der Waals surface area contributed by atoms with Gasteiger partial charge in [0.05, 0.1) is 5.52 Å². The Morgan fingerprint density at radius 2 is 1.33 bits per heavy atom. The second-order valence-corrected chi connectivity index (χ2v) is 12.3. The van der Waals surface area contributed by atoms with E-state index in [1.807, 2.05) is 24.5 Å². The van der Waals surface area contributed by atoms with Gasteiger partial charge in [0.15, 0.2) is 0 Å². The summed E-state index contributed by atoms with van der Waals surface area (Å²) in [7, 11) is 0. The van der Waals surface area contributed by atoms with Crippen LogP contribution in [0, 0.1) is 19.9 Å². The second kappa shape index (κ2) is 12.5. The largest absolute Gasteiger partial charge is 2.00 e. The summed E-state index contributed by atoms with van der Waals surface area (Å²) in [5.41, 5.74) is 13.8. The minimum Gasteiger partial charge on any atom is -0.669 e. The number of benzene rings is 5. The first-order valence-electron chi connectivity index (χ1n) is 16.2. The average molecular weight is 810 g/mol. The van der Waals surface area contributed by atoms with Gasteiger partial charge in [-0.2, -0.15) is 11.7 Å². The number of para-hydroxylation sites is 2. The Morgan fingerprint density at radius 3 is 2.18 bits per heavy atom. The first kappa shape index (κ1) is 30.7. The van der Waals surface area contributed by atoms with Gasteiger partial charge in [0.1, 0.15) is 11.5 Å². The van der Waals surface area contributed by atoms with Crippen LogP contribution in [0.1, 0.15) is 11.1 Å². The Bertz CT molecular complexity index is 2580. The molecule has 5 heteroatoms. The molecule has 0 spiro atoms. The Morgan fingerprint density at radius 1 is 0.612 bits per heavy atom. The number of nitrogens with zero attached hydrogens (tertiary/aromatic N) is 4. The van der Waals surface area contributed by atoms with Crippen molar-refractivity contribution >= 4 is 32.8 Å². The Balaban J connectivity index is 0.00000348. The average Bonchev–Trinajstić information content (AvgIpc) is 3.72. The molecule has 4 aromatic heterocycles. The fourth-order valence-electron chi connectivity index (χ4n) is 7.16. The number of hydrogen-bond acceptors (Lipinski definition) is 2. The van der Waals surface area contributed by atoms with Gasteiger partial charge in [-0.15, -0.1) is 23.8 Å². The molecule has 236 valence electrons. The molecule has 49 heavy (non-hydrogen) atoms. The summed E-state index contributed by atoms with van der Waals surface area (Å²) >= 11 is 0. The minimum atomic E-state index is 0. The first-order chi connectivity index (χ1) is 23.6. The molecule has 0 bridgehead atoms. The summed E-state index contributed by atoms with van der Waals surface area (Å²) in [6.45, 7) is 4.36. The van der Waals surface area contributed by atoms with E-state index in [1.54, 1.807) is 0 Å². The molecule has 9 aromatic rings. The maximum absolute atomic E-state index is 5.28. The van der Waals surface area contributed by atoms with Crippen molar-refractivity contribution in [1.29, 1.82) is 0 Å². The van der Waals surface area contributed by atoms with Crippen LogP contribution in [0.5, 0.6) is 0 Å². The van der Waals surface area contributed by atoms with E-state index in [4.69, 9.17) is 15.0 Å². The zero-order valence-electron chi connectivity index (χ0n) is 27.0. The zero-order valence-corrected chi connectivity index (χ0v) is 29.2. The molecule has 0 N–H and O–H groups in total. The Hall–Kier alpha value is -5.57. The first-order valence-corrected chi connectivity index (χ1v) is 16.2. The molecule has 4 heterocycles. The third-order valence-electron chi connectivity index (χ3n) is 9.34. The SMILES string of the molecule is Cc1cccc(C)c1-c1cc(-c2cccc(-n3c4ccccc4c4cccnc43)n2)[c-]c(-c2cccc3c(-c4ccccc4)c[n-]c23)c1.[Pt+2]. The van der Waals surface area contributed by atoms with E-state index in [0.717, 1.165) is 77.7 Å². The topological polar surface area (TPSA) is 44.8 Å². The molecule has 0 aliphatic heterocycles. The van der Waals surface area contributed by atoms with Crippen LogP contribution in [-0.2, 0) is 21.1 Å². The number of fused-ring (bicyclic) bond motifs is 4. The fraction of sp³-hybridized carbons (Fsp3) is 0.0455. The molecule has 0 fully saturated rings. The predicted octanol–water partition coefficient (Wildman–Crippen LogP) is 10.8. The van der Waals surface area contributed by atoms with Gasteiger partial charge in [-0.3, -0.25) is 9.55 Å². The van der Waals surface area contributed by atoms with Crippen LogP contribution in [0.4, 0.5) is 0 Å². The summed E-state index contributed by atoms with van der Waals surface area (Å²) in [5.74, 6) is 0.817. The van der Waals surface area contributed by atoms with Gasteiger partial charge in [-0.05, 0) is 71.3 Å². The van der Waals surface area contributed by atoms with Gasteiger partial charge >= 0.3 is 21.1 Å². The summed E-state index contributed by atoms with van der Waals surface area (Å²) < 4.78 is 2.16. The van der Waals surface area contributed by atoms with E-state index in [2.05, 4.69) is 146 Å². The number of aromatic nitrogens is 4. The minimum absolute atomic E-state index is 0. The molecule has 4 nitrogen and oxygen atoms in total. The number of pyridine rings is 2. The van der Waals surface area contributed by atoms with Crippen molar-refractivity contribution < 1.29 is 21.1 Å². The van der Waals surface area contributed by atoms with Crippen molar-refractivity contribution in [2.75, 3.05) is 0 Å². The standard InChI is InChI=1S/C44H30N4.Pt/c1-28-12-8-13-29(2)42(28)33-25-31(34-17-9-18-36-38(27-46-43(34)36)30-14-4-3-5-15-30)24-32(26-33)39-20-10-22-41(47-39)48-40-21-7-6-16-35(40)37-19-11-23-45-44(37)48;/h3-23,25-27H,1-2H3;/q-2;+2. The van der Waals surface area contributed by atoms with Gasteiger partial charge in [0.25, 0.3) is 0 Å². The van der Waals surface area contributed by atoms with Gasteiger partial charge in [0, 0.05) is 22.7 Å².